The molecule has 4 aromatic carbocycles. The highest BCUT2D eigenvalue weighted by Gasteiger charge is 2.32. The van der Waals surface area contributed by atoms with Crippen LogP contribution in [-0.2, 0) is 32.7 Å². The van der Waals surface area contributed by atoms with Crippen LogP contribution in [0.3, 0.4) is 0 Å². The number of sulfonamides is 1. The van der Waals surface area contributed by atoms with E-state index < -0.39 is 46.1 Å². The van der Waals surface area contributed by atoms with Crippen LogP contribution in [0.2, 0.25) is 0 Å². The lowest BCUT2D eigenvalue weighted by molar-refractivity contribution is -0.143. The third-order valence-electron chi connectivity index (χ3n) is 6.87. The zero-order valence-corrected chi connectivity index (χ0v) is 25.1. The summed E-state index contributed by atoms with van der Waals surface area (Å²) in [7, 11) is -3.98. The van der Waals surface area contributed by atoms with Crippen molar-refractivity contribution in [1.29, 1.82) is 0 Å². The minimum Gasteiger partial charge on any atom is -0.484 e. The maximum Gasteiger partial charge on any atom is 0.261 e. The first-order valence-corrected chi connectivity index (χ1v) is 15.6. The molecule has 236 valence electrons. The lowest BCUT2D eigenvalue weighted by atomic mass is 10.0. The fraction of sp³-hybridized carbons (Fsp3) is 0.118. The standard InChI is InChI=1S/C34H29F2N3O6S/c35-26-10-8-24(9-11-26)22-39(33(25-5-2-1-3-6-25)34(41)37-21-30-7-4-20-44-30)32(40)23-45-29-16-18-31(19-17-29)46(42,43)38-28-14-12-27(36)13-15-28/h1-20,33,38H,21-23H2,(H,37,41)/t33-/m1/s1. The van der Waals surface area contributed by atoms with Crippen molar-refractivity contribution >= 4 is 27.5 Å². The van der Waals surface area contributed by atoms with Gasteiger partial charge >= 0.3 is 0 Å². The Bertz CT molecular complexity index is 1850. The molecule has 0 bridgehead atoms. The van der Waals surface area contributed by atoms with Crippen LogP contribution in [0.15, 0.2) is 131 Å². The van der Waals surface area contributed by atoms with Crippen LogP contribution in [0.25, 0.3) is 0 Å². The summed E-state index contributed by atoms with van der Waals surface area (Å²) < 4.78 is 65.9. The summed E-state index contributed by atoms with van der Waals surface area (Å²) in [5.74, 6) is -1.24. The molecule has 2 amide bonds. The summed E-state index contributed by atoms with van der Waals surface area (Å²) in [6.07, 6.45) is 1.49. The van der Waals surface area contributed by atoms with Crippen molar-refractivity contribution in [2.45, 2.75) is 24.0 Å². The third-order valence-corrected chi connectivity index (χ3v) is 8.27. The number of rotatable bonds is 13. The van der Waals surface area contributed by atoms with Gasteiger partial charge in [-0.25, -0.2) is 17.2 Å². The number of carbonyl (C=O) groups excluding carboxylic acids is 2. The topological polar surface area (TPSA) is 118 Å². The number of hydrogen-bond acceptors (Lipinski definition) is 6. The SMILES string of the molecule is O=C(NCc1ccco1)[C@@H](c1ccccc1)N(Cc1ccc(F)cc1)C(=O)COc1ccc(S(=O)(=O)Nc2ccc(F)cc2)cc1. The molecule has 9 nitrogen and oxygen atoms in total. The van der Waals surface area contributed by atoms with Crippen molar-refractivity contribution in [2.24, 2.45) is 0 Å². The molecule has 0 saturated heterocycles. The van der Waals surface area contributed by atoms with Crippen molar-refractivity contribution in [2.75, 3.05) is 11.3 Å². The van der Waals surface area contributed by atoms with Gasteiger partial charge in [0.1, 0.15) is 29.2 Å². The van der Waals surface area contributed by atoms with Crippen LogP contribution in [0.1, 0.15) is 22.9 Å². The van der Waals surface area contributed by atoms with Crippen LogP contribution < -0.4 is 14.8 Å². The molecule has 0 aliphatic rings. The molecule has 2 N–H and O–H groups in total. The molecule has 5 aromatic rings. The van der Waals surface area contributed by atoms with Crippen molar-refractivity contribution < 1.29 is 35.9 Å². The van der Waals surface area contributed by atoms with Crippen molar-refractivity contribution in [3.05, 3.63) is 150 Å². The van der Waals surface area contributed by atoms with Gasteiger partial charge in [0.05, 0.1) is 17.7 Å². The number of anilines is 1. The van der Waals surface area contributed by atoms with Crippen LogP contribution in [0.5, 0.6) is 5.75 Å². The fourth-order valence-electron chi connectivity index (χ4n) is 4.58. The van der Waals surface area contributed by atoms with Gasteiger partial charge in [0.15, 0.2) is 6.61 Å². The van der Waals surface area contributed by atoms with E-state index in [1.54, 1.807) is 42.5 Å². The number of carbonyl (C=O) groups is 2. The molecule has 0 aliphatic heterocycles. The van der Waals surface area contributed by atoms with E-state index in [-0.39, 0.29) is 29.4 Å². The van der Waals surface area contributed by atoms with Crippen LogP contribution in [0, 0.1) is 11.6 Å². The molecule has 0 radical (unpaired) electrons. The normalized spacial score (nSPS) is 11.8. The Morgan fingerprint density at radius 1 is 0.804 bits per heavy atom. The number of halogens is 2. The fourth-order valence-corrected chi connectivity index (χ4v) is 5.64. The van der Waals surface area contributed by atoms with Gasteiger partial charge in [-0.2, -0.15) is 0 Å². The average molecular weight is 646 g/mol. The van der Waals surface area contributed by atoms with Crippen LogP contribution in [0.4, 0.5) is 14.5 Å². The highest BCUT2D eigenvalue weighted by molar-refractivity contribution is 7.92. The number of hydrogen-bond donors (Lipinski definition) is 2. The van der Waals surface area contributed by atoms with E-state index in [2.05, 4.69) is 10.0 Å². The van der Waals surface area contributed by atoms with Gasteiger partial charge in [-0.05, 0) is 83.9 Å². The number of amides is 2. The van der Waals surface area contributed by atoms with E-state index in [9.17, 15) is 26.8 Å². The van der Waals surface area contributed by atoms with Crippen molar-refractivity contribution in [1.82, 2.24) is 10.2 Å². The van der Waals surface area contributed by atoms with Gasteiger partial charge in [0.2, 0.25) is 5.91 Å². The van der Waals surface area contributed by atoms with Crippen molar-refractivity contribution in [3.63, 3.8) is 0 Å². The second kappa shape index (κ2) is 14.5. The summed E-state index contributed by atoms with van der Waals surface area (Å²) in [6, 6.07) is 26.9. The number of benzene rings is 4. The molecule has 0 fully saturated rings. The predicted octanol–water partition coefficient (Wildman–Crippen LogP) is 5.82. The second-order valence-electron chi connectivity index (χ2n) is 10.1. The van der Waals surface area contributed by atoms with E-state index >= 15 is 0 Å². The minimum absolute atomic E-state index is 0.0392. The van der Waals surface area contributed by atoms with E-state index in [0.717, 1.165) is 12.1 Å². The molecule has 0 spiro atoms. The summed E-state index contributed by atoms with van der Waals surface area (Å²) in [6.45, 7) is -0.437. The molecular formula is C34H29F2N3O6S. The number of nitrogens with zero attached hydrogens (tertiary/aromatic N) is 1. The molecule has 0 aliphatic carbocycles. The van der Waals surface area contributed by atoms with Gasteiger partial charge < -0.3 is 19.4 Å². The Balaban J connectivity index is 1.34. The Hall–Kier alpha value is -5.49. The maximum atomic E-state index is 13.8. The molecule has 46 heavy (non-hydrogen) atoms. The number of ether oxygens (including phenoxy) is 1. The smallest absolute Gasteiger partial charge is 0.261 e. The maximum absolute atomic E-state index is 13.8. The third kappa shape index (κ3) is 8.36. The largest absolute Gasteiger partial charge is 0.484 e. The second-order valence-corrected chi connectivity index (χ2v) is 11.8. The molecule has 12 heteroatoms. The first kappa shape index (κ1) is 31.9. The van der Waals surface area contributed by atoms with E-state index in [4.69, 9.17) is 9.15 Å². The zero-order valence-electron chi connectivity index (χ0n) is 24.3. The van der Waals surface area contributed by atoms with Gasteiger partial charge in [0, 0.05) is 12.2 Å². The zero-order chi connectivity index (χ0) is 32.5. The monoisotopic (exact) mass is 645 g/mol. The van der Waals surface area contributed by atoms with Crippen LogP contribution >= 0.6 is 0 Å². The van der Waals surface area contributed by atoms with Gasteiger partial charge in [-0.15, -0.1) is 0 Å². The first-order chi connectivity index (χ1) is 22.2. The molecule has 5 rings (SSSR count). The summed E-state index contributed by atoms with van der Waals surface area (Å²) in [5, 5.41) is 2.82. The highest BCUT2D eigenvalue weighted by atomic mass is 32.2. The van der Waals surface area contributed by atoms with E-state index in [1.807, 2.05) is 0 Å². The Morgan fingerprint density at radius 3 is 2.09 bits per heavy atom. The first-order valence-electron chi connectivity index (χ1n) is 14.1. The molecule has 0 saturated carbocycles. The van der Waals surface area contributed by atoms with Crippen molar-refractivity contribution in [3.8, 4) is 5.75 Å². The highest BCUT2D eigenvalue weighted by Crippen LogP contribution is 2.25. The number of furan rings is 1. The average Bonchev–Trinajstić information content (AvgIpc) is 3.59. The predicted molar refractivity (Wildman–Crippen MR) is 166 cm³/mol. The molecule has 1 aromatic heterocycles. The summed E-state index contributed by atoms with van der Waals surface area (Å²) in [4.78, 5) is 28.7. The quantitative estimate of drug-likeness (QED) is 0.167. The minimum atomic E-state index is -3.98. The summed E-state index contributed by atoms with van der Waals surface area (Å²) >= 11 is 0. The Labute approximate surface area is 264 Å². The van der Waals surface area contributed by atoms with E-state index in [1.165, 1.54) is 71.8 Å². The van der Waals surface area contributed by atoms with Gasteiger partial charge in [0.25, 0.3) is 15.9 Å². The summed E-state index contributed by atoms with van der Waals surface area (Å²) in [5.41, 5.74) is 1.31. The molecule has 1 atom stereocenters. The van der Waals surface area contributed by atoms with Gasteiger partial charge in [-0.3, -0.25) is 14.3 Å². The van der Waals surface area contributed by atoms with E-state index in [0.29, 0.717) is 16.9 Å². The van der Waals surface area contributed by atoms with Crippen LogP contribution in [-0.4, -0.2) is 31.7 Å². The Kier molecular flexibility index (Phi) is 10.1. The lowest BCUT2D eigenvalue weighted by Crippen LogP contribution is -2.45. The molecule has 0 unspecified atom stereocenters. The Morgan fingerprint density at radius 2 is 1.46 bits per heavy atom. The number of nitrogens with one attached hydrogen (secondary N) is 2. The lowest BCUT2D eigenvalue weighted by Gasteiger charge is -2.31. The van der Waals surface area contributed by atoms with Gasteiger partial charge in [-0.1, -0.05) is 42.5 Å². The molecule has 1 heterocycles. The molecular weight excluding hydrogens is 616 g/mol.